The van der Waals surface area contributed by atoms with Gasteiger partial charge in [0.05, 0.1) is 5.69 Å². The third kappa shape index (κ3) is 4.40. The molecule has 2 heterocycles. The van der Waals surface area contributed by atoms with Crippen LogP contribution in [0.25, 0.3) is 0 Å². The molecule has 2 aliphatic heterocycles. The number of rotatable bonds is 5. The quantitative estimate of drug-likeness (QED) is 0.822. The molecule has 0 bridgehead atoms. The van der Waals surface area contributed by atoms with Crippen LogP contribution in [0.15, 0.2) is 42.5 Å². The van der Waals surface area contributed by atoms with Crippen molar-refractivity contribution in [3.63, 3.8) is 0 Å². The number of hydrogen-bond acceptors (Lipinski definition) is 4. The molecule has 1 fully saturated rings. The van der Waals surface area contributed by atoms with Crippen molar-refractivity contribution < 1.29 is 18.7 Å². The van der Waals surface area contributed by atoms with Crippen molar-refractivity contribution in [2.75, 3.05) is 36.0 Å². The van der Waals surface area contributed by atoms with E-state index in [4.69, 9.17) is 4.74 Å². The topological polar surface area (TPSA) is 61.9 Å². The molecule has 2 amide bonds. The maximum Gasteiger partial charge on any atom is 0.265 e. The number of anilines is 2. The van der Waals surface area contributed by atoms with Gasteiger partial charge in [0.1, 0.15) is 11.6 Å². The average molecular weight is 411 g/mol. The van der Waals surface area contributed by atoms with Crippen LogP contribution in [0.3, 0.4) is 0 Å². The predicted molar refractivity (Wildman–Crippen MR) is 113 cm³/mol. The standard InChI is InChI=1S/C23H26FN3O3/c1-16-13-17(24)8-9-19(16)26-11-4-5-18(14-26)25-22(28)10-12-27-20-6-2-3-7-21(20)30-15-23(27)29/h2-3,6-9,13,18H,4-5,10-12,14-15H2,1H3,(H,25,28). The Kier molecular flexibility index (Phi) is 5.88. The van der Waals surface area contributed by atoms with Gasteiger partial charge in [-0.2, -0.15) is 0 Å². The van der Waals surface area contributed by atoms with E-state index in [0.29, 0.717) is 24.5 Å². The fraction of sp³-hybridized carbons (Fsp3) is 0.391. The molecule has 2 aromatic rings. The summed E-state index contributed by atoms with van der Waals surface area (Å²) in [5.41, 5.74) is 2.61. The van der Waals surface area contributed by atoms with Gasteiger partial charge in [-0.1, -0.05) is 12.1 Å². The van der Waals surface area contributed by atoms with E-state index in [1.807, 2.05) is 31.2 Å². The van der Waals surface area contributed by atoms with Gasteiger partial charge in [0, 0.05) is 37.8 Å². The van der Waals surface area contributed by atoms with Crippen molar-refractivity contribution in [2.24, 2.45) is 0 Å². The number of aryl methyl sites for hydroxylation is 1. The molecular formula is C23H26FN3O3. The number of carbonyl (C=O) groups excluding carboxylic acids is 2. The van der Waals surface area contributed by atoms with Gasteiger partial charge in [0.25, 0.3) is 5.91 Å². The number of nitrogens with zero attached hydrogens (tertiary/aromatic N) is 2. The molecular weight excluding hydrogens is 385 g/mol. The zero-order valence-electron chi connectivity index (χ0n) is 17.1. The van der Waals surface area contributed by atoms with Gasteiger partial charge in [0.15, 0.2) is 6.61 Å². The number of carbonyl (C=O) groups is 2. The fourth-order valence-corrected chi connectivity index (χ4v) is 4.20. The molecule has 6 nitrogen and oxygen atoms in total. The number of benzene rings is 2. The van der Waals surface area contributed by atoms with E-state index in [1.165, 1.54) is 12.1 Å². The average Bonchev–Trinajstić information content (AvgIpc) is 2.73. The number of ether oxygens (including phenoxy) is 1. The Morgan fingerprint density at radius 3 is 2.90 bits per heavy atom. The van der Waals surface area contributed by atoms with Crippen molar-refractivity contribution in [3.8, 4) is 5.75 Å². The lowest BCUT2D eigenvalue weighted by atomic mass is 10.0. The molecule has 0 spiro atoms. The van der Waals surface area contributed by atoms with Gasteiger partial charge < -0.3 is 19.9 Å². The highest BCUT2D eigenvalue weighted by molar-refractivity contribution is 5.98. The van der Waals surface area contributed by atoms with E-state index < -0.39 is 0 Å². The van der Waals surface area contributed by atoms with Crippen LogP contribution in [0.2, 0.25) is 0 Å². The van der Waals surface area contributed by atoms with Crippen LogP contribution in [-0.2, 0) is 9.59 Å². The molecule has 1 N–H and O–H groups in total. The van der Waals surface area contributed by atoms with Crippen molar-refractivity contribution in [1.29, 1.82) is 0 Å². The first-order valence-corrected chi connectivity index (χ1v) is 10.3. The number of piperidine rings is 1. The first-order valence-electron chi connectivity index (χ1n) is 10.3. The molecule has 0 saturated carbocycles. The summed E-state index contributed by atoms with van der Waals surface area (Å²) in [4.78, 5) is 28.6. The summed E-state index contributed by atoms with van der Waals surface area (Å²) in [7, 11) is 0. The van der Waals surface area contributed by atoms with Crippen LogP contribution in [0, 0.1) is 12.7 Å². The molecule has 0 aliphatic carbocycles. The lowest BCUT2D eigenvalue weighted by Crippen LogP contribution is -2.49. The highest BCUT2D eigenvalue weighted by Crippen LogP contribution is 2.31. The van der Waals surface area contributed by atoms with Gasteiger partial charge in [-0.3, -0.25) is 9.59 Å². The maximum atomic E-state index is 13.4. The second-order valence-corrected chi connectivity index (χ2v) is 7.84. The summed E-state index contributed by atoms with van der Waals surface area (Å²) >= 11 is 0. The van der Waals surface area contributed by atoms with Crippen LogP contribution >= 0.6 is 0 Å². The molecule has 4 rings (SSSR count). The molecule has 1 saturated heterocycles. The second-order valence-electron chi connectivity index (χ2n) is 7.84. The molecule has 30 heavy (non-hydrogen) atoms. The smallest absolute Gasteiger partial charge is 0.265 e. The first kappa shape index (κ1) is 20.2. The van der Waals surface area contributed by atoms with E-state index in [0.717, 1.165) is 30.6 Å². The number of hydrogen-bond donors (Lipinski definition) is 1. The first-order chi connectivity index (χ1) is 14.5. The maximum absolute atomic E-state index is 13.4. The van der Waals surface area contributed by atoms with E-state index >= 15 is 0 Å². The van der Waals surface area contributed by atoms with Crippen LogP contribution in [0.5, 0.6) is 5.75 Å². The van der Waals surface area contributed by atoms with Crippen LogP contribution < -0.4 is 19.9 Å². The largest absolute Gasteiger partial charge is 0.482 e. The monoisotopic (exact) mass is 411 g/mol. The number of amides is 2. The Morgan fingerprint density at radius 2 is 2.07 bits per heavy atom. The predicted octanol–water partition coefficient (Wildman–Crippen LogP) is 3.03. The summed E-state index contributed by atoms with van der Waals surface area (Å²) in [6, 6.07) is 12.2. The van der Waals surface area contributed by atoms with Crippen molar-refractivity contribution in [2.45, 2.75) is 32.2 Å². The fourth-order valence-electron chi connectivity index (χ4n) is 4.20. The van der Waals surface area contributed by atoms with Crippen LogP contribution in [0.4, 0.5) is 15.8 Å². The zero-order chi connectivity index (χ0) is 21.1. The van der Waals surface area contributed by atoms with E-state index in [2.05, 4.69) is 10.2 Å². The van der Waals surface area contributed by atoms with E-state index in [-0.39, 0.29) is 36.7 Å². The minimum absolute atomic E-state index is 0.00671. The molecule has 1 atom stereocenters. The molecule has 1 unspecified atom stereocenters. The number of para-hydroxylation sites is 2. The molecule has 158 valence electrons. The summed E-state index contributed by atoms with van der Waals surface area (Å²) in [5, 5.41) is 3.10. The second kappa shape index (κ2) is 8.73. The van der Waals surface area contributed by atoms with Gasteiger partial charge in [0.2, 0.25) is 5.91 Å². The molecule has 2 aliphatic rings. The minimum Gasteiger partial charge on any atom is -0.482 e. The number of halogens is 1. The number of fused-ring (bicyclic) bond motifs is 1. The lowest BCUT2D eigenvalue weighted by molar-refractivity contribution is -0.122. The highest BCUT2D eigenvalue weighted by atomic mass is 19.1. The van der Waals surface area contributed by atoms with Gasteiger partial charge >= 0.3 is 0 Å². The summed E-state index contributed by atoms with van der Waals surface area (Å²) in [6.45, 7) is 3.79. The van der Waals surface area contributed by atoms with Gasteiger partial charge in [-0.25, -0.2) is 4.39 Å². The zero-order valence-corrected chi connectivity index (χ0v) is 17.1. The summed E-state index contributed by atoms with van der Waals surface area (Å²) < 4.78 is 18.9. The Hall–Kier alpha value is -3.09. The molecule has 0 radical (unpaired) electrons. The lowest BCUT2D eigenvalue weighted by Gasteiger charge is -2.36. The highest BCUT2D eigenvalue weighted by Gasteiger charge is 2.27. The van der Waals surface area contributed by atoms with E-state index in [1.54, 1.807) is 11.0 Å². The van der Waals surface area contributed by atoms with Gasteiger partial charge in [-0.05, 0) is 55.7 Å². The molecule has 0 aromatic heterocycles. The summed E-state index contributed by atoms with van der Waals surface area (Å²) in [5.74, 6) is 0.207. The normalized spacial score (nSPS) is 18.6. The SMILES string of the molecule is Cc1cc(F)ccc1N1CCCC(NC(=O)CCN2C(=O)COc3ccccc32)C1. The Balaban J connectivity index is 1.33. The number of nitrogens with one attached hydrogen (secondary N) is 1. The van der Waals surface area contributed by atoms with Crippen molar-refractivity contribution in [3.05, 3.63) is 53.8 Å². The molecule has 2 aromatic carbocycles. The Morgan fingerprint density at radius 1 is 1.23 bits per heavy atom. The van der Waals surface area contributed by atoms with Crippen molar-refractivity contribution in [1.82, 2.24) is 5.32 Å². The Bertz CT molecular complexity index is 949. The Labute approximate surface area is 175 Å². The molecule has 7 heteroatoms. The van der Waals surface area contributed by atoms with Crippen LogP contribution in [-0.4, -0.2) is 44.1 Å². The minimum atomic E-state index is -0.239. The third-order valence-corrected chi connectivity index (χ3v) is 5.66. The van der Waals surface area contributed by atoms with Gasteiger partial charge in [-0.15, -0.1) is 0 Å². The van der Waals surface area contributed by atoms with Crippen molar-refractivity contribution >= 4 is 23.2 Å². The van der Waals surface area contributed by atoms with Crippen LogP contribution in [0.1, 0.15) is 24.8 Å². The summed E-state index contributed by atoms with van der Waals surface area (Å²) in [6.07, 6.45) is 2.09. The third-order valence-electron chi connectivity index (χ3n) is 5.66. The van der Waals surface area contributed by atoms with E-state index in [9.17, 15) is 14.0 Å².